The summed E-state index contributed by atoms with van der Waals surface area (Å²) in [6, 6.07) is 1.83. The Kier molecular flexibility index (Phi) is 3.05. The molecule has 0 amide bonds. The molecule has 0 saturated carbocycles. The second-order valence-electron chi connectivity index (χ2n) is 4.71. The third-order valence-corrected chi connectivity index (χ3v) is 2.93. The van der Waals surface area contributed by atoms with Gasteiger partial charge in [0.25, 0.3) is 0 Å². The molecular formula is C11H13ClN4S. The lowest BCUT2D eigenvalue weighted by atomic mass is 10.1. The minimum Gasteiger partial charge on any atom is -0.295 e. The van der Waals surface area contributed by atoms with Crippen LogP contribution in [0.2, 0.25) is 5.02 Å². The maximum absolute atomic E-state index is 6.13. The van der Waals surface area contributed by atoms with E-state index < -0.39 is 0 Å². The summed E-state index contributed by atoms with van der Waals surface area (Å²) < 4.78 is 2.53. The van der Waals surface area contributed by atoms with Crippen LogP contribution in [0, 0.1) is 4.77 Å². The average Bonchev–Trinajstić information content (AvgIpc) is 2.60. The van der Waals surface area contributed by atoms with Gasteiger partial charge in [-0.1, -0.05) is 11.6 Å². The van der Waals surface area contributed by atoms with Crippen LogP contribution in [0.3, 0.4) is 0 Å². The van der Waals surface area contributed by atoms with Crippen molar-refractivity contribution in [2.45, 2.75) is 26.3 Å². The molecule has 0 aliphatic carbocycles. The van der Waals surface area contributed by atoms with Crippen LogP contribution < -0.4 is 0 Å². The molecule has 2 aromatic rings. The molecule has 2 rings (SSSR count). The number of nitrogens with one attached hydrogen (secondary N) is 1. The Balaban J connectivity index is 2.71. The van der Waals surface area contributed by atoms with Crippen LogP contribution in [0.15, 0.2) is 18.5 Å². The SMILES string of the molecule is CC(C)(C)n1c(-c2ccncc2Cl)n[nH]c1=S. The zero-order chi connectivity index (χ0) is 12.6. The molecule has 90 valence electrons. The number of rotatable bonds is 1. The average molecular weight is 269 g/mol. The van der Waals surface area contributed by atoms with Crippen LogP contribution in [-0.2, 0) is 5.54 Å². The van der Waals surface area contributed by atoms with Gasteiger partial charge in [0, 0.05) is 23.5 Å². The van der Waals surface area contributed by atoms with Crippen molar-refractivity contribution in [1.82, 2.24) is 19.7 Å². The quantitative estimate of drug-likeness (QED) is 0.806. The first-order valence-electron chi connectivity index (χ1n) is 5.19. The van der Waals surface area contributed by atoms with Crippen LogP contribution in [0.25, 0.3) is 11.4 Å². The molecule has 0 bridgehead atoms. The number of hydrogen-bond donors (Lipinski definition) is 1. The summed E-state index contributed by atoms with van der Waals surface area (Å²) in [6.45, 7) is 6.20. The van der Waals surface area contributed by atoms with Crippen molar-refractivity contribution in [2.24, 2.45) is 0 Å². The van der Waals surface area contributed by atoms with Crippen molar-refractivity contribution < 1.29 is 0 Å². The fraction of sp³-hybridized carbons (Fsp3) is 0.364. The van der Waals surface area contributed by atoms with E-state index in [0.29, 0.717) is 9.79 Å². The molecule has 2 heterocycles. The van der Waals surface area contributed by atoms with Gasteiger partial charge in [-0.25, -0.2) is 0 Å². The largest absolute Gasteiger partial charge is 0.295 e. The van der Waals surface area contributed by atoms with Gasteiger partial charge in [0.2, 0.25) is 0 Å². The minimum atomic E-state index is -0.161. The second-order valence-corrected chi connectivity index (χ2v) is 5.51. The predicted octanol–water partition coefficient (Wildman–Crippen LogP) is 3.41. The highest BCUT2D eigenvalue weighted by molar-refractivity contribution is 7.71. The Bertz CT molecular complexity index is 594. The van der Waals surface area contributed by atoms with Crippen LogP contribution in [0.5, 0.6) is 0 Å². The molecule has 0 aliphatic rings. The summed E-state index contributed by atoms with van der Waals surface area (Å²) >= 11 is 11.4. The minimum absolute atomic E-state index is 0.161. The maximum Gasteiger partial charge on any atom is 0.195 e. The van der Waals surface area contributed by atoms with E-state index in [4.69, 9.17) is 23.8 Å². The van der Waals surface area contributed by atoms with Gasteiger partial charge in [0.05, 0.1) is 5.02 Å². The highest BCUT2D eigenvalue weighted by Gasteiger charge is 2.21. The van der Waals surface area contributed by atoms with Crippen LogP contribution in [0.4, 0.5) is 0 Å². The highest BCUT2D eigenvalue weighted by Crippen LogP contribution is 2.28. The number of nitrogens with zero attached hydrogens (tertiary/aromatic N) is 3. The standard InChI is InChI=1S/C11H13ClN4S/c1-11(2,3)16-9(14-15-10(16)17)7-4-5-13-6-8(7)12/h4-6H,1-3H3,(H,15,17). The molecule has 0 saturated heterocycles. The molecule has 0 unspecified atom stereocenters. The van der Waals surface area contributed by atoms with Crippen molar-refractivity contribution in [1.29, 1.82) is 0 Å². The molecule has 0 fully saturated rings. The number of aromatic amines is 1. The zero-order valence-corrected chi connectivity index (χ0v) is 11.4. The molecule has 0 atom stereocenters. The van der Waals surface area contributed by atoms with Crippen LogP contribution in [-0.4, -0.2) is 19.7 Å². The monoisotopic (exact) mass is 268 g/mol. The van der Waals surface area contributed by atoms with Crippen molar-refractivity contribution in [3.05, 3.63) is 28.3 Å². The summed E-state index contributed by atoms with van der Waals surface area (Å²) in [4.78, 5) is 3.96. The lowest BCUT2D eigenvalue weighted by Gasteiger charge is -2.22. The van der Waals surface area contributed by atoms with Crippen LogP contribution >= 0.6 is 23.8 Å². The number of aromatic nitrogens is 4. The van der Waals surface area contributed by atoms with Crippen molar-refractivity contribution >= 4 is 23.8 Å². The first-order valence-corrected chi connectivity index (χ1v) is 5.97. The van der Waals surface area contributed by atoms with E-state index in [1.807, 2.05) is 10.6 Å². The van der Waals surface area contributed by atoms with E-state index >= 15 is 0 Å². The smallest absolute Gasteiger partial charge is 0.195 e. The second kappa shape index (κ2) is 4.23. The van der Waals surface area contributed by atoms with Gasteiger partial charge in [0.1, 0.15) is 0 Å². The van der Waals surface area contributed by atoms with Gasteiger partial charge in [0.15, 0.2) is 10.6 Å². The van der Waals surface area contributed by atoms with E-state index in [9.17, 15) is 0 Å². The first-order chi connectivity index (χ1) is 7.91. The van der Waals surface area contributed by atoms with Gasteiger partial charge in [-0.05, 0) is 39.1 Å². The topological polar surface area (TPSA) is 46.5 Å². The highest BCUT2D eigenvalue weighted by atomic mass is 35.5. The van der Waals surface area contributed by atoms with Crippen molar-refractivity contribution in [3.8, 4) is 11.4 Å². The fourth-order valence-corrected chi connectivity index (χ4v) is 2.27. The number of pyridine rings is 1. The Morgan fingerprint density at radius 3 is 2.71 bits per heavy atom. The van der Waals surface area contributed by atoms with Gasteiger partial charge in [-0.15, -0.1) is 0 Å². The Morgan fingerprint density at radius 2 is 2.12 bits per heavy atom. The van der Waals surface area contributed by atoms with Crippen LogP contribution in [0.1, 0.15) is 20.8 Å². The number of halogens is 1. The Labute approximate surface area is 110 Å². The van der Waals surface area contributed by atoms with E-state index in [2.05, 4.69) is 36.0 Å². The molecule has 4 nitrogen and oxygen atoms in total. The lowest BCUT2D eigenvalue weighted by molar-refractivity contribution is 0.395. The van der Waals surface area contributed by atoms with Crippen molar-refractivity contribution in [3.63, 3.8) is 0 Å². The summed E-state index contributed by atoms with van der Waals surface area (Å²) in [7, 11) is 0. The fourth-order valence-electron chi connectivity index (χ4n) is 1.66. The summed E-state index contributed by atoms with van der Waals surface area (Å²) in [5.41, 5.74) is 0.662. The van der Waals surface area contributed by atoms with E-state index in [1.165, 1.54) is 0 Å². The molecule has 1 N–H and O–H groups in total. The zero-order valence-electron chi connectivity index (χ0n) is 9.86. The Hall–Kier alpha value is -1.20. The Morgan fingerprint density at radius 1 is 1.41 bits per heavy atom. The number of H-pyrrole nitrogens is 1. The molecule has 2 aromatic heterocycles. The molecule has 0 aliphatic heterocycles. The summed E-state index contributed by atoms with van der Waals surface area (Å²) in [5, 5.41) is 7.62. The third kappa shape index (κ3) is 2.25. The molecule has 17 heavy (non-hydrogen) atoms. The predicted molar refractivity (Wildman–Crippen MR) is 70.6 cm³/mol. The molecule has 0 radical (unpaired) electrons. The van der Waals surface area contributed by atoms with E-state index in [1.54, 1.807) is 12.4 Å². The molecule has 0 spiro atoms. The molecular weight excluding hydrogens is 256 g/mol. The van der Waals surface area contributed by atoms with Gasteiger partial charge >= 0.3 is 0 Å². The van der Waals surface area contributed by atoms with Crippen molar-refractivity contribution in [2.75, 3.05) is 0 Å². The number of hydrogen-bond acceptors (Lipinski definition) is 3. The summed E-state index contributed by atoms with van der Waals surface area (Å²) in [5.74, 6) is 0.731. The maximum atomic E-state index is 6.13. The normalized spacial score (nSPS) is 11.8. The van der Waals surface area contributed by atoms with E-state index in [0.717, 1.165) is 11.4 Å². The third-order valence-electron chi connectivity index (χ3n) is 2.36. The summed E-state index contributed by atoms with van der Waals surface area (Å²) in [6.07, 6.45) is 3.29. The van der Waals surface area contributed by atoms with Gasteiger partial charge in [-0.3, -0.25) is 14.6 Å². The molecule has 6 heteroatoms. The first kappa shape index (κ1) is 12.3. The van der Waals surface area contributed by atoms with Gasteiger partial charge in [-0.2, -0.15) is 5.10 Å². The van der Waals surface area contributed by atoms with Gasteiger partial charge < -0.3 is 0 Å². The molecule has 0 aromatic carbocycles. The lowest BCUT2D eigenvalue weighted by Crippen LogP contribution is -2.23. The van der Waals surface area contributed by atoms with E-state index in [-0.39, 0.29) is 5.54 Å².